The number of sulfonamides is 1. The highest BCUT2D eigenvalue weighted by Gasteiger charge is 2.20. The van der Waals surface area contributed by atoms with Crippen molar-refractivity contribution in [2.75, 3.05) is 11.3 Å². The number of anilines is 1. The first-order chi connectivity index (χ1) is 9.95. The summed E-state index contributed by atoms with van der Waals surface area (Å²) in [6.07, 6.45) is 0.733. The summed E-state index contributed by atoms with van der Waals surface area (Å²) in [6.45, 7) is 5.00. The lowest BCUT2D eigenvalue weighted by Gasteiger charge is -2.08. The summed E-state index contributed by atoms with van der Waals surface area (Å²) in [7, 11) is -3.59. The molecule has 0 atom stereocenters. The van der Waals surface area contributed by atoms with Crippen molar-refractivity contribution in [3.63, 3.8) is 0 Å². The summed E-state index contributed by atoms with van der Waals surface area (Å²) >= 11 is 1.34. The number of hydrogen-bond acceptors (Lipinski definition) is 5. The van der Waals surface area contributed by atoms with Crippen LogP contribution in [0.3, 0.4) is 0 Å². The number of nitrogens with zero attached hydrogens (tertiary/aromatic N) is 1. The molecule has 0 saturated carbocycles. The second-order valence-electron chi connectivity index (χ2n) is 5.04. The van der Waals surface area contributed by atoms with E-state index >= 15 is 0 Å². The van der Waals surface area contributed by atoms with Crippen molar-refractivity contribution in [2.45, 2.75) is 31.8 Å². The molecule has 1 aliphatic heterocycles. The van der Waals surface area contributed by atoms with Crippen LogP contribution in [0.25, 0.3) is 0 Å². The van der Waals surface area contributed by atoms with Crippen LogP contribution in [-0.2, 0) is 27.8 Å². The Balaban J connectivity index is 1.88. The monoisotopic (exact) mass is 324 g/mol. The van der Waals surface area contributed by atoms with Crippen LogP contribution in [0.2, 0.25) is 0 Å². The van der Waals surface area contributed by atoms with E-state index in [1.165, 1.54) is 11.3 Å². The van der Waals surface area contributed by atoms with Gasteiger partial charge in [0.25, 0.3) is 10.0 Å². The van der Waals surface area contributed by atoms with E-state index in [1.807, 2.05) is 19.9 Å². The minimum atomic E-state index is -3.59. The average Bonchev–Trinajstić information content (AvgIpc) is 2.82. The van der Waals surface area contributed by atoms with E-state index in [0.29, 0.717) is 18.3 Å². The number of benzene rings is 1. The normalized spacial score (nSPS) is 14.8. The van der Waals surface area contributed by atoms with Gasteiger partial charge in [-0.25, -0.2) is 13.4 Å². The van der Waals surface area contributed by atoms with Gasteiger partial charge in [-0.3, -0.25) is 4.72 Å². The minimum Gasteiger partial charge on any atom is -0.375 e. The fraction of sp³-hybridized carbons (Fsp3) is 0.357. The Morgan fingerprint density at radius 3 is 2.81 bits per heavy atom. The SMILES string of the molecule is Cc1ccc(S(=O)(=O)Nc2nc3c(s2)COCC3)cc1C. The van der Waals surface area contributed by atoms with Gasteiger partial charge in [-0.05, 0) is 37.1 Å². The minimum absolute atomic E-state index is 0.259. The molecule has 0 aliphatic carbocycles. The second-order valence-corrected chi connectivity index (χ2v) is 7.81. The molecule has 5 nitrogen and oxygen atoms in total. The average molecular weight is 324 g/mol. The highest BCUT2D eigenvalue weighted by Crippen LogP contribution is 2.28. The molecular weight excluding hydrogens is 308 g/mol. The molecule has 1 aromatic carbocycles. The third kappa shape index (κ3) is 2.95. The summed E-state index contributed by atoms with van der Waals surface area (Å²) in [5, 5.41) is 0.406. The van der Waals surface area contributed by atoms with Gasteiger partial charge in [0.2, 0.25) is 0 Å². The van der Waals surface area contributed by atoms with Crippen molar-refractivity contribution in [3.8, 4) is 0 Å². The van der Waals surface area contributed by atoms with Crippen LogP contribution in [0.1, 0.15) is 21.7 Å². The van der Waals surface area contributed by atoms with Gasteiger partial charge in [-0.15, -0.1) is 0 Å². The molecule has 1 aromatic heterocycles. The molecule has 2 aromatic rings. The quantitative estimate of drug-likeness (QED) is 0.942. The van der Waals surface area contributed by atoms with Crippen LogP contribution < -0.4 is 4.72 Å². The Morgan fingerprint density at radius 1 is 1.29 bits per heavy atom. The maximum atomic E-state index is 12.4. The first-order valence-electron chi connectivity index (χ1n) is 6.62. The van der Waals surface area contributed by atoms with Crippen molar-refractivity contribution in [2.24, 2.45) is 0 Å². The number of ether oxygens (including phenoxy) is 1. The molecule has 0 bridgehead atoms. The van der Waals surface area contributed by atoms with Gasteiger partial charge in [-0.2, -0.15) is 0 Å². The third-order valence-electron chi connectivity index (χ3n) is 3.50. The molecule has 1 N–H and O–H groups in total. The number of aromatic nitrogens is 1. The van der Waals surface area contributed by atoms with Crippen LogP contribution >= 0.6 is 11.3 Å². The van der Waals surface area contributed by atoms with Crippen LogP contribution in [-0.4, -0.2) is 20.0 Å². The molecule has 3 rings (SSSR count). The van der Waals surface area contributed by atoms with Crippen LogP contribution in [0.4, 0.5) is 5.13 Å². The predicted molar refractivity (Wildman–Crippen MR) is 82.2 cm³/mol. The smallest absolute Gasteiger partial charge is 0.263 e. The van der Waals surface area contributed by atoms with Gasteiger partial charge in [-0.1, -0.05) is 17.4 Å². The number of fused-ring (bicyclic) bond motifs is 1. The highest BCUT2D eigenvalue weighted by molar-refractivity contribution is 7.93. The lowest BCUT2D eigenvalue weighted by Crippen LogP contribution is -2.13. The topological polar surface area (TPSA) is 68.3 Å². The summed E-state index contributed by atoms with van der Waals surface area (Å²) in [4.78, 5) is 5.61. The van der Waals surface area contributed by atoms with Crippen molar-refractivity contribution in [1.29, 1.82) is 0 Å². The van der Waals surface area contributed by atoms with Gasteiger partial charge in [0.1, 0.15) is 0 Å². The van der Waals surface area contributed by atoms with E-state index in [4.69, 9.17) is 4.74 Å². The van der Waals surface area contributed by atoms with E-state index < -0.39 is 10.0 Å². The summed E-state index contributed by atoms with van der Waals surface area (Å²) < 4.78 is 32.7. The Kier molecular flexibility index (Phi) is 3.73. The van der Waals surface area contributed by atoms with E-state index in [-0.39, 0.29) is 4.90 Å². The lowest BCUT2D eigenvalue weighted by molar-refractivity contribution is 0.112. The molecule has 0 fully saturated rings. The molecule has 7 heteroatoms. The molecule has 2 heterocycles. The fourth-order valence-corrected chi connectivity index (χ4v) is 4.39. The molecular formula is C14H16N2O3S2. The van der Waals surface area contributed by atoms with E-state index in [1.54, 1.807) is 12.1 Å². The molecule has 0 amide bonds. The molecule has 1 aliphatic rings. The van der Waals surface area contributed by atoms with Crippen molar-refractivity contribution < 1.29 is 13.2 Å². The van der Waals surface area contributed by atoms with Gasteiger partial charge >= 0.3 is 0 Å². The molecule has 0 unspecified atom stereocenters. The van der Waals surface area contributed by atoms with E-state index in [9.17, 15) is 8.42 Å². The summed E-state index contributed by atoms with van der Waals surface area (Å²) in [5.74, 6) is 0. The molecule has 0 saturated heterocycles. The zero-order chi connectivity index (χ0) is 15.0. The van der Waals surface area contributed by atoms with Crippen molar-refractivity contribution in [3.05, 3.63) is 39.9 Å². The molecule has 0 spiro atoms. The van der Waals surface area contributed by atoms with E-state index in [2.05, 4.69) is 9.71 Å². The largest absolute Gasteiger partial charge is 0.375 e. The van der Waals surface area contributed by atoms with Crippen LogP contribution in [0.5, 0.6) is 0 Å². The van der Waals surface area contributed by atoms with Gasteiger partial charge < -0.3 is 4.74 Å². The molecule has 21 heavy (non-hydrogen) atoms. The highest BCUT2D eigenvalue weighted by atomic mass is 32.2. The number of rotatable bonds is 3. The first kappa shape index (κ1) is 14.5. The Labute approximate surface area is 128 Å². The second kappa shape index (κ2) is 5.40. The molecule has 112 valence electrons. The third-order valence-corrected chi connectivity index (χ3v) is 5.96. The summed E-state index contributed by atoms with van der Waals surface area (Å²) in [6, 6.07) is 5.10. The van der Waals surface area contributed by atoms with Crippen molar-refractivity contribution >= 4 is 26.5 Å². The molecule has 0 radical (unpaired) electrons. The number of aryl methyl sites for hydroxylation is 2. The number of hydrogen-bond donors (Lipinski definition) is 1. The zero-order valence-electron chi connectivity index (χ0n) is 11.8. The maximum Gasteiger partial charge on any atom is 0.263 e. The fourth-order valence-electron chi connectivity index (χ4n) is 2.12. The maximum absolute atomic E-state index is 12.4. The van der Waals surface area contributed by atoms with Crippen LogP contribution in [0, 0.1) is 13.8 Å². The Bertz CT molecular complexity index is 758. The van der Waals surface area contributed by atoms with Gasteiger partial charge in [0.15, 0.2) is 5.13 Å². The van der Waals surface area contributed by atoms with Gasteiger partial charge in [0, 0.05) is 6.42 Å². The van der Waals surface area contributed by atoms with E-state index in [0.717, 1.165) is 28.1 Å². The lowest BCUT2D eigenvalue weighted by atomic mass is 10.1. The van der Waals surface area contributed by atoms with Gasteiger partial charge in [0.05, 0.1) is 28.7 Å². The Hall–Kier alpha value is -1.44. The standard InChI is InChI=1S/C14H16N2O3S2/c1-9-3-4-11(7-10(9)2)21(17,18)16-14-15-12-5-6-19-8-13(12)20-14/h3-4,7H,5-6,8H2,1-2H3,(H,15,16). The Morgan fingerprint density at radius 2 is 2.10 bits per heavy atom. The number of nitrogens with one attached hydrogen (secondary N) is 1. The van der Waals surface area contributed by atoms with Crippen LogP contribution in [0.15, 0.2) is 23.1 Å². The predicted octanol–water partition coefficient (Wildman–Crippen LogP) is 2.63. The zero-order valence-corrected chi connectivity index (χ0v) is 13.5. The first-order valence-corrected chi connectivity index (χ1v) is 8.92. The van der Waals surface area contributed by atoms with Crippen molar-refractivity contribution in [1.82, 2.24) is 4.98 Å². The number of thiazole rings is 1. The summed E-state index contributed by atoms with van der Waals surface area (Å²) in [5.41, 5.74) is 2.95.